The van der Waals surface area contributed by atoms with Gasteiger partial charge < -0.3 is 23.9 Å². The molecular formula is C21H24N3O4+. The highest BCUT2D eigenvalue weighted by Crippen LogP contribution is 2.26. The van der Waals surface area contributed by atoms with Crippen LogP contribution in [0.25, 0.3) is 10.9 Å². The van der Waals surface area contributed by atoms with Gasteiger partial charge in [0.2, 0.25) is 5.78 Å². The van der Waals surface area contributed by atoms with Crippen LogP contribution in [0.5, 0.6) is 5.75 Å². The maximum atomic E-state index is 13.0. The summed E-state index contributed by atoms with van der Waals surface area (Å²) in [6, 6.07) is 9.11. The van der Waals surface area contributed by atoms with E-state index in [1.807, 2.05) is 25.1 Å². The molecule has 7 heteroatoms. The van der Waals surface area contributed by atoms with Gasteiger partial charge in [-0.25, -0.2) is 0 Å². The molecule has 0 spiro atoms. The van der Waals surface area contributed by atoms with Crippen LogP contribution in [-0.2, 0) is 0 Å². The SMILES string of the molecule is COc1ccc2[nH]c(C)c(C(=O)C[NH+]3CCN(C(=O)c4ccco4)CC3)c2c1. The van der Waals surface area contributed by atoms with Gasteiger partial charge in [0.25, 0.3) is 5.91 Å². The molecule has 0 aliphatic carbocycles. The molecule has 0 radical (unpaired) electrons. The van der Waals surface area contributed by atoms with Crippen LogP contribution in [-0.4, -0.2) is 61.4 Å². The van der Waals surface area contributed by atoms with Gasteiger partial charge >= 0.3 is 0 Å². The van der Waals surface area contributed by atoms with Crippen molar-refractivity contribution >= 4 is 22.6 Å². The standard InChI is InChI=1S/C21H23N3O4/c1-14-20(16-12-15(27-2)5-6-17(16)22-14)18(25)13-23-7-9-24(10-8-23)21(26)19-4-3-11-28-19/h3-6,11-12,22H,7-10,13H2,1-2H3/p+1. The lowest BCUT2D eigenvalue weighted by Gasteiger charge is -2.31. The summed E-state index contributed by atoms with van der Waals surface area (Å²) in [5.41, 5.74) is 2.54. The van der Waals surface area contributed by atoms with Crippen molar-refractivity contribution in [2.45, 2.75) is 6.92 Å². The van der Waals surface area contributed by atoms with Gasteiger partial charge in [0.15, 0.2) is 5.76 Å². The van der Waals surface area contributed by atoms with Gasteiger partial charge in [-0.15, -0.1) is 0 Å². The first kappa shape index (κ1) is 18.3. The number of piperazine rings is 1. The van der Waals surface area contributed by atoms with Crippen molar-refractivity contribution < 1.29 is 23.6 Å². The van der Waals surface area contributed by atoms with Crippen LogP contribution in [0.1, 0.15) is 26.6 Å². The number of hydrogen-bond donors (Lipinski definition) is 2. The number of ether oxygens (including phenoxy) is 1. The quantitative estimate of drug-likeness (QED) is 0.652. The van der Waals surface area contributed by atoms with E-state index < -0.39 is 0 Å². The lowest BCUT2D eigenvalue weighted by molar-refractivity contribution is -0.895. The summed E-state index contributed by atoms with van der Waals surface area (Å²) in [6.45, 7) is 5.04. The highest BCUT2D eigenvalue weighted by atomic mass is 16.5. The molecule has 3 heterocycles. The molecule has 0 unspecified atom stereocenters. The van der Waals surface area contributed by atoms with Crippen molar-refractivity contribution in [3.05, 3.63) is 53.6 Å². The average Bonchev–Trinajstić information content (AvgIpc) is 3.34. The van der Waals surface area contributed by atoms with Crippen LogP contribution in [0.15, 0.2) is 41.0 Å². The zero-order valence-corrected chi connectivity index (χ0v) is 16.1. The van der Waals surface area contributed by atoms with Crippen LogP contribution in [0.2, 0.25) is 0 Å². The lowest BCUT2D eigenvalue weighted by Crippen LogP contribution is -3.15. The summed E-state index contributed by atoms with van der Waals surface area (Å²) in [4.78, 5) is 31.7. The highest BCUT2D eigenvalue weighted by molar-refractivity contribution is 6.10. The minimum atomic E-state index is -0.0880. The third kappa shape index (κ3) is 3.41. The van der Waals surface area contributed by atoms with Crippen molar-refractivity contribution in [2.24, 2.45) is 0 Å². The van der Waals surface area contributed by atoms with Crippen LogP contribution in [0.3, 0.4) is 0 Å². The number of aromatic nitrogens is 1. The van der Waals surface area contributed by atoms with Crippen molar-refractivity contribution in [3.8, 4) is 5.75 Å². The molecular weight excluding hydrogens is 358 g/mol. The van der Waals surface area contributed by atoms with Gasteiger partial charge in [-0.2, -0.15) is 0 Å². The molecule has 1 aliphatic rings. The van der Waals surface area contributed by atoms with Crippen LogP contribution >= 0.6 is 0 Å². The molecule has 7 nitrogen and oxygen atoms in total. The van der Waals surface area contributed by atoms with Gasteiger partial charge in [0, 0.05) is 16.6 Å². The molecule has 4 rings (SSSR count). The second-order valence-corrected chi connectivity index (χ2v) is 7.16. The lowest BCUT2D eigenvalue weighted by atomic mass is 10.1. The van der Waals surface area contributed by atoms with Crippen LogP contribution in [0, 0.1) is 6.92 Å². The maximum Gasteiger partial charge on any atom is 0.289 e. The number of hydrogen-bond acceptors (Lipinski definition) is 4. The van der Waals surface area contributed by atoms with Crippen molar-refractivity contribution in [3.63, 3.8) is 0 Å². The van der Waals surface area contributed by atoms with Gasteiger partial charge in [-0.05, 0) is 37.3 Å². The fourth-order valence-electron chi connectivity index (χ4n) is 3.87. The largest absolute Gasteiger partial charge is 0.497 e. The zero-order chi connectivity index (χ0) is 19.7. The molecule has 28 heavy (non-hydrogen) atoms. The number of ketones is 1. The molecule has 146 valence electrons. The van der Waals surface area contributed by atoms with E-state index >= 15 is 0 Å². The van der Waals surface area contributed by atoms with Gasteiger partial charge in [-0.3, -0.25) is 9.59 Å². The predicted molar refractivity (Wildman–Crippen MR) is 104 cm³/mol. The van der Waals surface area contributed by atoms with E-state index in [1.54, 1.807) is 24.1 Å². The second-order valence-electron chi connectivity index (χ2n) is 7.16. The predicted octanol–water partition coefficient (Wildman–Crippen LogP) is 1.30. The highest BCUT2D eigenvalue weighted by Gasteiger charge is 2.28. The van der Waals surface area contributed by atoms with Crippen molar-refractivity contribution in [2.75, 3.05) is 39.8 Å². The van der Waals surface area contributed by atoms with Gasteiger partial charge in [0.05, 0.1) is 45.1 Å². The minimum Gasteiger partial charge on any atom is -0.497 e. The van der Waals surface area contributed by atoms with E-state index in [1.165, 1.54) is 11.2 Å². The summed E-state index contributed by atoms with van der Waals surface area (Å²) in [5.74, 6) is 1.12. The number of quaternary nitrogens is 1. The third-order valence-electron chi connectivity index (χ3n) is 5.37. The Bertz CT molecular complexity index is 998. The molecule has 1 saturated heterocycles. The summed E-state index contributed by atoms with van der Waals surface area (Å²) in [5, 5.41) is 0.896. The van der Waals surface area contributed by atoms with E-state index in [9.17, 15) is 9.59 Å². The Morgan fingerprint density at radius 1 is 1.25 bits per heavy atom. The Kier molecular flexibility index (Phi) is 4.92. The summed E-state index contributed by atoms with van der Waals surface area (Å²) >= 11 is 0. The van der Waals surface area contributed by atoms with Crippen LogP contribution in [0.4, 0.5) is 0 Å². The number of fused-ring (bicyclic) bond motifs is 1. The molecule has 0 saturated carbocycles. The van der Waals surface area contributed by atoms with E-state index in [0.29, 0.717) is 25.4 Å². The molecule has 0 bridgehead atoms. The number of carbonyl (C=O) groups excluding carboxylic acids is 2. The Morgan fingerprint density at radius 2 is 2.04 bits per heavy atom. The van der Waals surface area contributed by atoms with E-state index in [-0.39, 0.29) is 11.7 Å². The van der Waals surface area contributed by atoms with E-state index in [2.05, 4.69) is 4.98 Å². The first-order valence-electron chi connectivity index (χ1n) is 9.42. The number of H-pyrrole nitrogens is 1. The summed E-state index contributed by atoms with van der Waals surface area (Å²) < 4.78 is 10.5. The van der Waals surface area contributed by atoms with E-state index in [0.717, 1.165) is 41.0 Å². The molecule has 2 aromatic heterocycles. The Morgan fingerprint density at radius 3 is 2.71 bits per heavy atom. The first-order valence-corrected chi connectivity index (χ1v) is 9.42. The van der Waals surface area contributed by atoms with Gasteiger partial charge in [-0.1, -0.05) is 0 Å². The Hall–Kier alpha value is -3.06. The molecule has 0 atom stereocenters. The number of Topliss-reactive ketones (excluding diaryl/α,β-unsaturated/α-hetero) is 1. The monoisotopic (exact) mass is 382 g/mol. The maximum absolute atomic E-state index is 13.0. The number of amides is 1. The number of rotatable bonds is 5. The number of nitrogens with one attached hydrogen (secondary N) is 2. The zero-order valence-electron chi connectivity index (χ0n) is 16.1. The number of aromatic amines is 1. The Labute approximate surface area is 162 Å². The minimum absolute atomic E-state index is 0.0880. The van der Waals surface area contributed by atoms with Crippen molar-refractivity contribution in [1.29, 1.82) is 0 Å². The number of furan rings is 1. The second kappa shape index (κ2) is 7.52. The fourth-order valence-corrected chi connectivity index (χ4v) is 3.87. The Balaban J connectivity index is 1.43. The fraction of sp³-hybridized carbons (Fsp3) is 0.333. The molecule has 3 aromatic rings. The molecule has 2 N–H and O–H groups in total. The molecule has 1 amide bonds. The number of benzene rings is 1. The first-order chi connectivity index (χ1) is 13.6. The molecule has 1 aromatic carbocycles. The molecule has 1 aliphatic heterocycles. The third-order valence-corrected chi connectivity index (χ3v) is 5.37. The number of carbonyl (C=O) groups is 2. The van der Waals surface area contributed by atoms with Gasteiger partial charge in [0.1, 0.15) is 12.3 Å². The number of aryl methyl sites for hydroxylation is 1. The number of nitrogens with zero attached hydrogens (tertiary/aromatic N) is 1. The number of methoxy groups -OCH3 is 1. The topological polar surface area (TPSA) is 80.0 Å². The smallest absolute Gasteiger partial charge is 0.289 e. The van der Waals surface area contributed by atoms with Crippen molar-refractivity contribution in [1.82, 2.24) is 9.88 Å². The summed E-state index contributed by atoms with van der Waals surface area (Å²) in [7, 11) is 1.62. The van der Waals surface area contributed by atoms with E-state index in [4.69, 9.17) is 9.15 Å². The molecule has 1 fully saturated rings. The van der Waals surface area contributed by atoms with Crippen LogP contribution < -0.4 is 9.64 Å². The summed E-state index contributed by atoms with van der Waals surface area (Å²) in [6.07, 6.45) is 1.51. The average molecular weight is 382 g/mol. The normalized spacial score (nSPS) is 15.1.